The fourth-order valence-electron chi connectivity index (χ4n) is 5.27. The molecule has 0 aliphatic carbocycles. The van der Waals surface area contributed by atoms with Crippen LogP contribution in [-0.2, 0) is 28.5 Å². The maximum absolute atomic E-state index is 12.7. The maximum atomic E-state index is 12.7. The third kappa shape index (κ3) is 24.4. The lowest BCUT2D eigenvalue weighted by Gasteiger charge is -2.39. The average Bonchev–Trinajstić information content (AvgIpc) is 3.14. The van der Waals surface area contributed by atoms with E-state index in [4.69, 9.17) is 18.9 Å². The lowest BCUT2D eigenvalue weighted by molar-refractivity contribution is -0.305. The van der Waals surface area contributed by atoms with E-state index in [1.807, 2.05) is 12.2 Å². The maximum Gasteiger partial charge on any atom is 0.306 e. The fraction of sp³-hybridized carbons (Fsp3) is 0.667. The summed E-state index contributed by atoms with van der Waals surface area (Å²) in [5.41, 5.74) is 0. The number of ether oxygens (including phenoxy) is 4. The molecular formula is C42H68O10. The molecule has 6 unspecified atom stereocenters. The van der Waals surface area contributed by atoms with E-state index in [1.54, 1.807) is 0 Å². The molecule has 1 aliphatic heterocycles. The second-order valence-electron chi connectivity index (χ2n) is 13.0. The standard InChI is InChI=1S/C42H68O10/c1-3-5-7-9-11-13-14-15-16-17-18-19-20-21-22-23-25-27-29-31-38(45)51-35(33-49-37(44)30-28-26-24-12-10-8-6-4-2)34-50-42-41(48)40(47)39(46)36(32-43)52-42/h5,7,11,13,15-16,18-19,21-22,25,27,35-36,39-43,46-48H,3-4,6,8-10,12,14,17,20,23-24,26,28-34H2,1-2H3/b7-5-,13-11-,16-15-,19-18-,22-21-,27-25-. The number of carbonyl (C=O) groups is 2. The Kier molecular flexibility index (Phi) is 29.7. The number of carbonyl (C=O) groups excluding carboxylic acids is 2. The molecule has 52 heavy (non-hydrogen) atoms. The summed E-state index contributed by atoms with van der Waals surface area (Å²) in [5.74, 6) is -0.918. The Labute approximate surface area is 313 Å². The van der Waals surface area contributed by atoms with Crippen molar-refractivity contribution in [2.24, 2.45) is 0 Å². The van der Waals surface area contributed by atoms with Crippen LogP contribution in [0.3, 0.4) is 0 Å². The summed E-state index contributed by atoms with van der Waals surface area (Å²) in [6.07, 6.45) is 32.3. The molecule has 0 bridgehead atoms. The number of allylic oxidation sites excluding steroid dienone is 12. The first-order chi connectivity index (χ1) is 25.3. The van der Waals surface area contributed by atoms with Crippen molar-refractivity contribution in [3.63, 3.8) is 0 Å². The molecule has 296 valence electrons. The second-order valence-corrected chi connectivity index (χ2v) is 13.0. The molecule has 1 fully saturated rings. The van der Waals surface area contributed by atoms with Crippen LogP contribution in [0.25, 0.3) is 0 Å². The summed E-state index contributed by atoms with van der Waals surface area (Å²) in [4.78, 5) is 25.1. The van der Waals surface area contributed by atoms with Crippen molar-refractivity contribution in [2.75, 3.05) is 19.8 Å². The van der Waals surface area contributed by atoms with Crippen molar-refractivity contribution in [3.05, 3.63) is 72.9 Å². The van der Waals surface area contributed by atoms with E-state index in [2.05, 4.69) is 74.6 Å². The summed E-state index contributed by atoms with van der Waals surface area (Å²) in [7, 11) is 0. The summed E-state index contributed by atoms with van der Waals surface area (Å²) in [5, 5.41) is 39.9. The number of unbranched alkanes of at least 4 members (excludes halogenated alkanes) is 7. The van der Waals surface area contributed by atoms with Crippen LogP contribution >= 0.6 is 0 Å². The van der Waals surface area contributed by atoms with Crippen LogP contribution in [0.1, 0.15) is 123 Å². The molecule has 1 aliphatic rings. The lowest BCUT2D eigenvalue weighted by Crippen LogP contribution is -2.59. The summed E-state index contributed by atoms with van der Waals surface area (Å²) >= 11 is 0. The normalized spacial score (nSPS) is 21.8. The van der Waals surface area contributed by atoms with Gasteiger partial charge in [-0.3, -0.25) is 9.59 Å². The molecule has 0 spiro atoms. The minimum atomic E-state index is -1.61. The molecule has 0 radical (unpaired) electrons. The number of aliphatic hydroxyl groups is 4. The van der Waals surface area contributed by atoms with Crippen molar-refractivity contribution in [1.29, 1.82) is 0 Å². The van der Waals surface area contributed by atoms with E-state index < -0.39 is 55.4 Å². The Bertz CT molecular complexity index is 1080. The van der Waals surface area contributed by atoms with Gasteiger partial charge in [-0.05, 0) is 51.4 Å². The van der Waals surface area contributed by atoms with Gasteiger partial charge in [0.1, 0.15) is 31.0 Å². The van der Waals surface area contributed by atoms with Gasteiger partial charge in [0.2, 0.25) is 0 Å². The monoisotopic (exact) mass is 732 g/mol. The van der Waals surface area contributed by atoms with Gasteiger partial charge in [0, 0.05) is 12.8 Å². The first-order valence-electron chi connectivity index (χ1n) is 19.5. The van der Waals surface area contributed by atoms with Crippen molar-refractivity contribution in [1.82, 2.24) is 0 Å². The highest BCUT2D eigenvalue weighted by molar-refractivity contribution is 5.70. The molecular weight excluding hydrogens is 664 g/mol. The van der Waals surface area contributed by atoms with Gasteiger partial charge in [-0.1, -0.05) is 132 Å². The highest BCUT2D eigenvalue weighted by Crippen LogP contribution is 2.22. The van der Waals surface area contributed by atoms with Crippen molar-refractivity contribution < 1.29 is 49.0 Å². The van der Waals surface area contributed by atoms with E-state index in [0.717, 1.165) is 57.8 Å². The predicted octanol–water partition coefficient (Wildman–Crippen LogP) is 7.27. The number of rotatable bonds is 30. The molecule has 0 aromatic carbocycles. The van der Waals surface area contributed by atoms with Crippen LogP contribution in [0.4, 0.5) is 0 Å². The van der Waals surface area contributed by atoms with Crippen molar-refractivity contribution in [2.45, 2.75) is 160 Å². The van der Waals surface area contributed by atoms with Crippen LogP contribution in [0.15, 0.2) is 72.9 Å². The molecule has 1 rings (SSSR count). The molecule has 1 heterocycles. The highest BCUT2D eigenvalue weighted by atomic mass is 16.7. The second kappa shape index (κ2) is 32.8. The first-order valence-corrected chi connectivity index (χ1v) is 19.5. The summed E-state index contributed by atoms with van der Waals surface area (Å²) in [6, 6.07) is 0. The van der Waals surface area contributed by atoms with Crippen molar-refractivity contribution >= 4 is 11.9 Å². The first kappa shape index (κ1) is 47.2. The summed E-state index contributed by atoms with van der Waals surface area (Å²) in [6.45, 7) is 3.16. The van der Waals surface area contributed by atoms with Gasteiger partial charge < -0.3 is 39.4 Å². The largest absolute Gasteiger partial charge is 0.462 e. The Hall–Kier alpha value is -2.86. The SMILES string of the molecule is CC/C=C\C/C=C\C/C=C\C/C=C\C/C=C\C/C=C\CCC(=O)OC(COC(=O)CCCCCCCCCC)COC1OC(CO)C(O)C(O)C1O. The lowest BCUT2D eigenvalue weighted by atomic mass is 9.99. The molecule has 0 amide bonds. The van der Waals surface area contributed by atoms with Gasteiger partial charge in [0.15, 0.2) is 12.4 Å². The van der Waals surface area contributed by atoms with Crippen LogP contribution in [-0.4, -0.2) is 89.0 Å². The Balaban J connectivity index is 2.44. The van der Waals surface area contributed by atoms with E-state index in [-0.39, 0.29) is 26.1 Å². The fourth-order valence-corrected chi connectivity index (χ4v) is 5.27. The number of hydrogen-bond donors (Lipinski definition) is 4. The predicted molar refractivity (Wildman–Crippen MR) is 205 cm³/mol. The zero-order chi connectivity index (χ0) is 38.1. The molecule has 4 N–H and O–H groups in total. The molecule has 0 saturated carbocycles. The zero-order valence-electron chi connectivity index (χ0n) is 31.8. The molecule has 0 aromatic rings. The molecule has 0 aromatic heterocycles. The average molecular weight is 733 g/mol. The Morgan fingerprint density at radius 2 is 1.13 bits per heavy atom. The minimum Gasteiger partial charge on any atom is -0.462 e. The number of hydrogen-bond acceptors (Lipinski definition) is 10. The minimum absolute atomic E-state index is 0.102. The van der Waals surface area contributed by atoms with E-state index in [0.29, 0.717) is 12.8 Å². The van der Waals surface area contributed by atoms with E-state index >= 15 is 0 Å². The molecule has 1 saturated heterocycles. The molecule has 10 nitrogen and oxygen atoms in total. The van der Waals surface area contributed by atoms with E-state index in [9.17, 15) is 30.0 Å². The highest BCUT2D eigenvalue weighted by Gasteiger charge is 2.44. The van der Waals surface area contributed by atoms with Crippen LogP contribution < -0.4 is 0 Å². The topological polar surface area (TPSA) is 152 Å². The van der Waals surface area contributed by atoms with Gasteiger partial charge >= 0.3 is 11.9 Å². The third-order valence-corrected chi connectivity index (χ3v) is 8.37. The number of esters is 2. The smallest absolute Gasteiger partial charge is 0.306 e. The number of aliphatic hydroxyl groups excluding tert-OH is 4. The van der Waals surface area contributed by atoms with Crippen LogP contribution in [0.2, 0.25) is 0 Å². The Morgan fingerprint density at radius 3 is 1.67 bits per heavy atom. The van der Waals surface area contributed by atoms with Crippen LogP contribution in [0, 0.1) is 0 Å². The van der Waals surface area contributed by atoms with Gasteiger partial charge in [-0.2, -0.15) is 0 Å². The van der Waals surface area contributed by atoms with Gasteiger partial charge in [-0.25, -0.2) is 0 Å². The third-order valence-electron chi connectivity index (χ3n) is 8.37. The van der Waals surface area contributed by atoms with Gasteiger partial charge in [-0.15, -0.1) is 0 Å². The van der Waals surface area contributed by atoms with Gasteiger partial charge in [0.25, 0.3) is 0 Å². The van der Waals surface area contributed by atoms with Crippen LogP contribution in [0.5, 0.6) is 0 Å². The zero-order valence-corrected chi connectivity index (χ0v) is 31.8. The van der Waals surface area contributed by atoms with Gasteiger partial charge in [0.05, 0.1) is 13.2 Å². The Morgan fingerprint density at radius 1 is 0.615 bits per heavy atom. The summed E-state index contributed by atoms with van der Waals surface area (Å²) < 4.78 is 21.9. The quantitative estimate of drug-likeness (QED) is 0.0337. The van der Waals surface area contributed by atoms with E-state index in [1.165, 1.54) is 25.7 Å². The molecule has 10 heteroatoms. The molecule has 6 atom stereocenters. The van der Waals surface area contributed by atoms with Crippen molar-refractivity contribution in [3.8, 4) is 0 Å².